The second-order valence-corrected chi connectivity index (χ2v) is 6.47. The molecule has 8 nitrogen and oxygen atoms in total. The van der Waals surface area contributed by atoms with E-state index in [2.05, 4.69) is 10.8 Å². The van der Waals surface area contributed by atoms with Crippen molar-refractivity contribution in [3.8, 4) is 0 Å². The van der Waals surface area contributed by atoms with E-state index >= 15 is 0 Å². The highest BCUT2D eigenvalue weighted by Gasteiger charge is 2.24. The summed E-state index contributed by atoms with van der Waals surface area (Å²) in [5, 5.41) is 8.36. The van der Waals surface area contributed by atoms with Crippen molar-refractivity contribution >= 4 is 22.0 Å². The van der Waals surface area contributed by atoms with Crippen molar-refractivity contribution in [2.24, 2.45) is 0 Å². The lowest BCUT2D eigenvalue weighted by Gasteiger charge is -2.18. The molecule has 0 heterocycles. The summed E-state index contributed by atoms with van der Waals surface area (Å²) in [4.78, 5) is 10.6. The molecule has 0 aliphatic heterocycles. The molecule has 0 bridgehead atoms. The van der Waals surface area contributed by atoms with Crippen LogP contribution in [-0.2, 0) is 24.0 Å². The van der Waals surface area contributed by atoms with E-state index in [9.17, 15) is 13.2 Å². The van der Waals surface area contributed by atoms with Gasteiger partial charge in [-0.05, 0) is 25.0 Å². The SMILES string of the molecule is C=CCOCN(CC)S(=O)(=O)OC(=O)CO.Cc1cccc(C)c1N. The number of nitrogen functional groups attached to an aromatic ring is 1. The van der Waals surface area contributed by atoms with Crippen LogP contribution >= 0.6 is 0 Å². The Morgan fingerprint density at radius 1 is 1.36 bits per heavy atom. The fourth-order valence-electron chi connectivity index (χ4n) is 1.58. The second-order valence-electron chi connectivity index (χ2n) is 4.93. The quantitative estimate of drug-likeness (QED) is 0.303. The Bertz CT molecular complexity index is 640. The molecule has 0 amide bonds. The maximum absolute atomic E-state index is 11.4. The normalized spacial score (nSPS) is 10.8. The molecule has 0 aliphatic carbocycles. The van der Waals surface area contributed by atoms with Gasteiger partial charge in [-0.3, -0.25) is 0 Å². The number of hydrogen-bond donors (Lipinski definition) is 2. The van der Waals surface area contributed by atoms with Gasteiger partial charge in [0.25, 0.3) is 0 Å². The smallest absolute Gasteiger partial charge is 0.389 e. The van der Waals surface area contributed by atoms with Crippen LogP contribution in [-0.4, -0.2) is 50.3 Å². The van der Waals surface area contributed by atoms with Gasteiger partial charge < -0.3 is 19.8 Å². The predicted octanol–water partition coefficient (Wildman–Crippen LogP) is 1.13. The van der Waals surface area contributed by atoms with Crippen molar-refractivity contribution in [1.82, 2.24) is 4.31 Å². The van der Waals surface area contributed by atoms with Gasteiger partial charge in [-0.2, -0.15) is 8.42 Å². The molecule has 0 radical (unpaired) electrons. The molecule has 9 heteroatoms. The van der Waals surface area contributed by atoms with Gasteiger partial charge in [0, 0.05) is 12.2 Å². The molecular formula is C16H26N2O6S. The number of rotatable bonds is 8. The Hall–Kier alpha value is -1.94. The van der Waals surface area contributed by atoms with Crippen LogP contribution in [0.1, 0.15) is 18.1 Å². The van der Waals surface area contributed by atoms with E-state index in [-0.39, 0.29) is 19.9 Å². The van der Waals surface area contributed by atoms with Crippen LogP contribution in [0.25, 0.3) is 0 Å². The van der Waals surface area contributed by atoms with Crippen LogP contribution in [0.15, 0.2) is 30.9 Å². The van der Waals surface area contributed by atoms with Crippen LogP contribution in [0.2, 0.25) is 0 Å². The van der Waals surface area contributed by atoms with Crippen LogP contribution in [0.3, 0.4) is 0 Å². The molecule has 1 aromatic rings. The highest BCUT2D eigenvalue weighted by Crippen LogP contribution is 2.13. The molecular weight excluding hydrogens is 348 g/mol. The number of benzene rings is 1. The predicted molar refractivity (Wildman–Crippen MR) is 95.8 cm³/mol. The van der Waals surface area contributed by atoms with E-state index in [0.717, 1.165) is 21.1 Å². The number of hydrogen-bond acceptors (Lipinski definition) is 7. The number of carbonyl (C=O) groups excluding carboxylic acids is 1. The third-order valence-corrected chi connectivity index (χ3v) is 4.40. The Balaban J connectivity index is 0.000000535. The molecule has 142 valence electrons. The summed E-state index contributed by atoms with van der Waals surface area (Å²) < 4.78 is 32.6. The molecule has 0 atom stereocenters. The van der Waals surface area contributed by atoms with Gasteiger partial charge in [0.1, 0.15) is 13.3 Å². The monoisotopic (exact) mass is 374 g/mol. The molecule has 0 saturated carbocycles. The molecule has 0 saturated heterocycles. The van der Waals surface area contributed by atoms with Gasteiger partial charge in [0.05, 0.1) is 6.61 Å². The van der Waals surface area contributed by atoms with Gasteiger partial charge in [-0.25, -0.2) is 4.79 Å². The minimum atomic E-state index is -4.20. The highest BCUT2D eigenvalue weighted by atomic mass is 32.2. The third-order valence-electron chi connectivity index (χ3n) is 3.01. The Kier molecular flexibility index (Phi) is 10.7. The van der Waals surface area contributed by atoms with E-state index in [1.165, 1.54) is 6.08 Å². The van der Waals surface area contributed by atoms with Gasteiger partial charge in [0.2, 0.25) is 0 Å². The van der Waals surface area contributed by atoms with Gasteiger partial charge in [-0.1, -0.05) is 31.2 Å². The molecule has 0 aromatic heterocycles. The average molecular weight is 374 g/mol. The summed E-state index contributed by atoms with van der Waals surface area (Å²) >= 11 is 0. The van der Waals surface area contributed by atoms with E-state index in [1.54, 1.807) is 6.92 Å². The van der Waals surface area contributed by atoms with Crippen molar-refractivity contribution in [3.63, 3.8) is 0 Å². The molecule has 3 N–H and O–H groups in total. The summed E-state index contributed by atoms with van der Waals surface area (Å²) in [6.07, 6.45) is 1.46. The minimum Gasteiger partial charge on any atom is -0.398 e. The van der Waals surface area contributed by atoms with Crippen molar-refractivity contribution in [2.45, 2.75) is 20.8 Å². The number of para-hydroxylation sites is 1. The standard InChI is InChI=1S/C8H15NO6S.C8H11N/c1-3-5-14-7-9(4-2)16(12,13)15-8(11)6-10;1-6-4-3-5-7(2)8(6)9/h3,10H,1,4-7H2,2H3;3-5H,9H2,1-2H3. The molecule has 0 fully saturated rings. The molecule has 25 heavy (non-hydrogen) atoms. The van der Waals surface area contributed by atoms with Crippen LogP contribution in [0.5, 0.6) is 0 Å². The Labute approximate surface area is 149 Å². The summed E-state index contributed by atoms with van der Waals surface area (Å²) in [6.45, 7) is 8.01. The van der Waals surface area contributed by atoms with Gasteiger partial charge >= 0.3 is 16.3 Å². The van der Waals surface area contributed by atoms with Crippen LogP contribution in [0.4, 0.5) is 5.69 Å². The van der Waals surface area contributed by atoms with Crippen molar-refractivity contribution in [2.75, 3.05) is 32.2 Å². The number of nitrogens with zero attached hydrogens (tertiary/aromatic N) is 1. The maximum Gasteiger partial charge on any atom is 0.389 e. The largest absolute Gasteiger partial charge is 0.398 e. The molecule has 1 rings (SSSR count). The summed E-state index contributed by atoms with van der Waals surface area (Å²) in [6, 6.07) is 6.05. The van der Waals surface area contributed by atoms with Crippen LogP contribution in [0, 0.1) is 13.8 Å². The average Bonchev–Trinajstić information content (AvgIpc) is 2.56. The second kappa shape index (κ2) is 11.6. The number of nitrogens with two attached hydrogens (primary N) is 1. The number of ether oxygens (including phenoxy) is 1. The fourth-order valence-corrected chi connectivity index (χ4v) is 2.49. The zero-order valence-electron chi connectivity index (χ0n) is 14.8. The molecule has 1 aromatic carbocycles. The number of aryl methyl sites for hydroxylation is 2. The van der Waals surface area contributed by atoms with Crippen LogP contribution < -0.4 is 5.73 Å². The van der Waals surface area contributed by atoms with E-state index in [1.807, 2.05) is 32.0 Å². The number of carbonyl (C=O) groups is 1. The molecule has 0 unspecified atom stereocenters. The lowest BCUT2D eigenvalue weighted by atomic mass is 10.1. The Morgan fingerprint density at radius 2 is 1.92 bits per heavy atom. The third kappa shape index (κ3) is 8.64. The maximum atomic E-state index is 11.4. The van der Waals surface area contributed by atoms with Crippen molar-refractivity contribution < 1.29 is 27.2 Å². The van der Waals surface area contributed by atoms with Crippen molar-refractivity contribution in [1.29, 1.82) is 0 Å². The summed E-state index contributed by atoms with van der Waals surface area (Å²) in [5.74, 6) is -1.23. The Morgan fingerprint density at radius 3 is 2.32 bits per heavy atom. The first-order chi connectivity index (χ1) is 11.7. The highest BCUT2D eigenvalue weighted by molar-refractivity contribution is 7.84. The minimum absolute atomic E-state index is 0.0815. The summed E-state index contributed by atoms with van der Waals surface area (Å²) in [5.41, 5.74) is 8.92. The van der Waals surface area contributed by atoms with Gasteiger partial charge in [0.15, 0.2) is 0 Å². The summed E-state index contributed by atoms with van der Waals surface area (Å²) in [7, 11) is -4.20. The molecule has 0 spiro atoms. The number of aliphatic hydroxyl groups is 1. The van der Waals surface area contributed by atoms with E-state index in [4.69, 9.17) is 15.6 Å². The van der Waals surface area contributed by atoms with Gasteiger partial charge in [-0.15, -0.1) is 10.9 Å². The first-order valence-corrected chi connectivity index (χ1v) is 8.89. The molecule has 0 aliphatic rings. The zero-order chi connectivity index (χ0) is 19.5. The van der Waals surface area contributed by atoms with E-state index < -0.39 is 22.9 Å². The van der Waals surface area contributed by atoms with E-state index in [0.29, 0.717) is 0 Å². The first kappa shape index (κ1) is 23.1. The lowest BCUT2D eigenvalue weighted by Crippen LogP contribution is -2.36. The topological polar surface area (TPSA) is 119 Å². The first-order valence-electron chi connectivity index (χ1n) is 7.53. The fraction of sp³-hybridized carbons (Fsp3) is 0.438. The zero-order valence-corrected chi connectivity index (χ0v) is 15.6. The number of aliphatic hydroxyl groups excluding tert-OH is 1. The van der Waals surface area contributed by atoms with Crippen molar-refractivity contribution in [3.05, 3.63) is 42.0 Å². The number of anilines is 1. The lowest BCUT2D eigenvalue weighted by molar-refractivity contribution is -0.137.